The quantitative estimate of drug-likeness (QED) is 0.674. The average molecular weight is 424 g/mol. The van der Waals surface area contributed by atoms with Crippen LogP contribution in [0.2, 0.25) is 10.0 Å². The van der Waals surface area contributed by atoms with Gasteiger partial charge in [-0.3, -0.25) is 4.79 Å². The molecule has 0 saturated heterocycles. The summed E-state index contributed by atoms with van der Waals surface area (Å²) in [6, 6.07) is 9.94. The Labute approximate surface area is 166 Å². The molecule has 4 rings (SSSR count). The number of nitrogens with one attached hydrogen (secondary N) is 2. The first-order valence-corrected chi connectivity index (χ1v) is 10.4. The second kappa shape index (κ2) is 6.53. The molecular weight excluding hydrogens is 409 g/mol. The molecule has 6 nitrogen and oxygen atoms in total. The van der Waals surface area contributed by atoms with Crippen molar-refractivity contribution >= 4 is 55.7 Å². The highest BCUT2D eigenvalue weighted by atomic mass is 35.5. The summed E-state index contributed by atoms with van der Waals surface area (Å²) in [4.78, 5) is 17.9. The Hall–Kier alpha value is -2.06. The molecule has 1 aromatic heterocycles. The van der Waals surface area contributed by atoms with E-state index in [9.17, 15) is 13.2 Å². The second-order valence-electron chi connectivity index (χ2n) is 6.21. The Morgan fingerprint density at radius 2 is 1.96 bits per heavy atom. The summed E-state index contributed by atoms with van der Waals surface area (Å²) in [7, 11) is -2.17. The van der Waals surface area contributed by atoms with Gasteiger partial charge in [-0.1, -0.05) is 23.2 Å². The molecule has 27 heavy (non-hydrogen) atoms. The summed E-state index contributed by atoms with van der Waals surface area (Å²) in [6.45, 7) is 0.448. The van der Waals surface area contributed by atoms with Gasteiger partial charge in [0, 0.05) is 28.2 Å². The van der Waals surface area contributed by atoms with Crippen LogP contribution in [0.3, 0.4) is 0 Å². The van der Waals surface area contributed by atoms with E-state index in [2.05, 4.69) is 9.71 Å². The van der Waals surface area contributed by atoms with Crippen LogP contribution in [0.4, 0.5) is 5.69 Å². The molecule has 2 aromatic carbocycles. The van der Waals surface area contributed by atoms with E-state index in [0.717, 1.165) is 11.1 Å². The van der Waals surface area contributed by atoms with Crippen LogP contribution in [0.5, 0.6) is 0 Å². The van der Waals surface area contributed by atoms with Crippen molar-refractivity contribution in [2.45, 2.75) is 11.3 Å². The molecule has 1 aliphatic heterocycles. The van der Waals surface area contributed by atoms with Crippen LogP contribution < -0.4 is 9.62 Å². The van der Waals surface area contributed by atoms with Crippen molar-refractivity contribution in [1.82, 2.24) is 9.71 Å². The summed E-state index contributed by atoms with van der Waals surface area (Å²) < 4.78 is 26.3. The topological polar surface area (TPSA) is 82.3 Å². The maximum atomic E-state index is 13.1. The zero-order chi connectivity index (χ0) is 19.3. The fourth-order valence-corrected chi connectivity index (χ4v) is 4.52. The molecule has 1 amide bonds. The summed E-state index contributed by atoms with van der Waals surface area (Å²) in [6.07, 6.45) is 0.567. The van der Waals surface area contributed by atoms with E-state index in [1.54, 1.807) is 35.2 Å². The molecule has 3 aromatic rings. The lowest BCUT2D eigenvalue weighted by Crippen LogP contribution is -2.29. The molecule has 0 fully saturated rings. The Balaban J connectivity index is 1.73. The van der Waals surface area contributed by atoms with Crippen LogP contribution in [0.25, 0.3) is 10.9 Å². The highest BCUT2D eigenvalue weighted by Crippen LogP contribution is 2.35. The normalized spacial score (nSPS) is 14.0. The lowest BCUT2D eigenvalue weighted by molar-refractivity contribution is 0.0985. The SMILES string of the molecule is CNS(=O)(=O)c1ccc2c(c1)CCN2C(=O)c1[nH]c2ccc(Cl)cc2c1Cl. The van der Waals surface area contributed by atoms with Gasteiger partial charge in [-0.15, -0.1) is 0 Å². The molecular formula is C18H15Cl2N3O3S. The third-order valence-corrected chi connectivity index (χ3v) is 6.72. The number of amides is 1. The van der Waals surface area contributed by atoms with Crippen molar-refractivity contribution in [1.29, 1.82) is 0 Å². The molecule has 0 unspecified atom stereocenters. The smallest absolute Gasteiger partial charge is 0.276 e. The fourth-order valence-electron chi connectivity index (χ4n) is 3.29. The first kappa shape index (κ1) is 18.3. The van der Waals surface area contributed by atoms with E-state index in [1.807, 2.05) is 0 Å². The second-order valence-corrected chi connectivity index (χ2v) is 8.91. The Morgan fingerprint density at radius 1 is 1.19 bits per heavy atom. The third-order valence-electron chi connectivity index (χ3n) is 4.68. The molecule has 0 saturated carbocycles. The number of aromatic amines is 1. The van der Waals surface area contributed by atoms with Gasteiger partial charge in [-0.2, -0.15) is 0 Å². The van der Waals surface area contributed by atoms with E-state index >= 15 is 0 Å². The zero-order valence-corrected chi connectivity index (χ0v) is 16.5. The molecule has 2 N–H and O–H groups in total. The minimum atomic E-state index is -3.53. The number of nitrogens with zero attached hydrogens (tertiary/aromatic N) is 1. The Bertz CT molecular complexity index is 1190. The van der Waals surface area contributed by atoms with Crippen LogP contribution in [0.15, 0.2) is 41.3 Å². The van der Waals surface area contributed by atoms with Gasteiger partial charge in [-0.05, 0) is 55.4 Å². The van der Waals surface area contributed by atoms with Crippen molar-refractivity contribution in [3.8, 4) is 0 Å². The Morgan fingerprint density at radius 3 is 2.70 bits per heavy atom. The molecule has 1 aliphatic rings. The number of hydrogen-bond donors (Lipinski definition) is 2. The van der Waals surface area contributed by atoms with E-state index in [-0.39, 0.29) is 16.5 Å². The van der Waals surface area contributed by atoms with Crippen molar-refractivity contribution < 1.29 is 13.2 Å². The van der Waals surface area contributed by atoms with Gasteiger partial charge < -0.3 is 9.88 Å². The number of benzene rings is 2. The fraction of sp³-hybridized carbons (Fsp3) is 0.167. The predicted molar refractivity (Wildman–Crippen MR) is 106 cm³/mol. The molecule has 140 valence electrons. The van der Waals surface area contributed by atoms with Crippen LogP contribution >= 0.6 is 23.2 Å². The molecule has 0 bridgehead atoms. The number of carbonyl (C=O) groups excluding carboxylic acids is 1. The zero-order valence-electron chi connectivity index (χ0n) is 14.2. The molecule has 0 spiro atoms. The third kappa shape index (κ3) is 3.00. The van der Waals surface area contributed by atoms with E-state index in [4.69, 9.17) is 23.2 Å². The minimum absolute atomic E-state index is 0.177. The maximum absolute atomic E-state index is 13.1. The van der Waals surface area contributed by atoms with Crippen LogP contribution in [-0.2, 0) is 16.4 Å². The van der Waals surface area contributed by atoms with E-state index in [1.165, 1.54) is 13.1 Å². The van der Waals surface area contributed by atoms with Gasteiger partial charge in [0.05, 0.1) is 9.92 Å². The number of fused-ring (bicyclic) bond motifs is 2. The van der Waals surface area contributed by atoms with Crippen molar-refractivity contribution in [2.24, 2.45) is 0 Å². The van der Waals surface area contributed by atoms with Gasteiger partial charge in [0.1, 0.15) is 5.69 Å². The largest absolute Gasteiger partial charge is 0.349 e. The number of aromatic nitrogens is 1. The number of rotatable bonds is 3. The first-order chi connectivity index (χ1) is 12.8. The maximum Gasteiger partial charge on any atom is 0.276 e. The van der Waals surface area contributed by atoms with Gasteiger partial charge in [0.15, 0.2) is 0 Å². The van der Waals surface area contributed by atoms with E-state index < -0.39 is 10.0 Å². The number of hydrogen-bond acceptors (Lipinski definition) is 3. The molecule has 0 radical (unpaired) electrons. The van der Waals surface area contributed by atoms with E-state index in [0.29, 0.717) is 34.1 Å². The van der Waals surface area contributed by atoms with Crippen molar-refractivity contribution in [3.05, 3.63) is 57.7 Å². The van der Waals surface area contributed by atoms with Gasteiger partial charge in [-0.25, -0.2) is 13.1 Å². The predicted octanol–water partition coefficient (Wildman–Crippen LogP) is 3.59. The number of halogens is 2. The average Bonchev–Trinajstić information content (AvgIpc) is 3.22. The van der Waals surface area contributed by atoms with Crippen LogP contribution in [0.1, 0.15) is 16.1 Å². The van der Waals surface area contributed by atoms with Crippen LogP contribution in [-0.4, -0.2) is 32.9 Å². The first-order valence-electron chi connectivity index (χ1n) is 8.17. The van der Waals surface area contributed by atoms with Gasteiger partial charge in [0.25, 0.3) is 5.91 Å². The van der Waals surface area contributed by atoms with Gasteiger partial charge in [0.2, 0.25) is 10.0 Å². The lowest BCUT2D eigenvalue weighted by Gasteiger charge is -2.17. The molecule has 2 heterocycles. The van der Waals surface area contributed by atoms with Gasteiger partial charge >= 0.3 is 0 Å². The monoisotopic (exact) mass is 423 g/mol. The van der Waals surface area contributed by atoms with Crippen molar-refractivity contribution in [2.75, 3.05) is 18.5 Å². The Kier molecular flexibility index (Phi) is 4.43. The lowest BCUT2D eigenvalue weighted by atomic mass is 10.2. The number of H-pyrrole nitrogens is 1. The standard InChI is InChI=1S/C18H15Cl2N3O3S/c1-21-27(25,26)12-3-5-15-10(8-12)6-7-23(15)18(24)17-16(20)13-9-11(19)2-4-14(13)22-17/h2-5,8-9,21-22H,6-7H2,1H3. The number of carbonyl (C=O) groups is 1. The summed E-state index contributed by atoms with van der Waals surface area (Å²) in [5, 5.41) is 1.54. The van der Waals surface area contributed by atoms with Crippen molar-refractivity contribution in [3.63, 3.8) is 0 Å². The summed E-state index contributed by atoms with van der Waals surface area (Å²) >= 11 is 12.4. The highest BCUT2D eigenvalue weighted by Gasteiger charge is 2.29. The molecule has 0 aliphatic carbocycles. The minimum Gasteiger partial charge on any atom is -0.349 e. The highest BCUT2D eigenvalue weighted by molar-refractivity contribution is 7.89. The summed E-state index contributed by atoms with van der Waals surface area (Å²) in [5.41, 5.74) is 2.49. The summed E-state index contributed by atoms with van der Waals surface area (Å²) in [5.74, 6) is -0.268. The molecule has 0 atom stereocenters. The molecule has 9 heteroatoms. The number of anilines is 1. The van der Waals surface area contributed by atoms with Crippen LogP contribution in [0, 0.1) is 0 Å². The number of sulfonamides is 1.